The molecule has 26 heavy (non-hydrogen) atoms. The molecule has 0 atom stereocenters. The molecule has 5 nitrogen and oxygen atoms in total. The number of rotatable bonds is 4. The molecule has 2 aliphatic rings. The molecule has 1 saturated heterocycles. The highest BCUT2D eigenvalue weighted by Gasteiger charge is 2.29. The second kappa shape index (κ2) is 7.09. The molecule has 136 valence electrons. The second-order valence-electron chi connectivity index (χ2n) is 7.16. The Labute approximate surface area is 153 Å². The summed E-state index contributed by atoms with van der Waals surface area (Å²) in [5.41, 5.74) is 5.33. The number of nitrogens with zero attached hydrogens (tertiary/aromatic N) is 2. The van der Waals surface area contributed by atoms with Crippen LogP contribution >= 0.6 is 0 Å². The lowest BCUT2D eigenvalue weighted by atomic mass is 10.00. The molecular formula is C21H24N2O3. The van der Waals surface area contributed by atoms with Gasteiger partial charge in [-0.2, -0.15) is 0 Å². The minimum absolute atomic E-state index is 0.100. The summed E-state index contributed by atoms with van der Waals surface area (Å²) in [5.74, 6) is 0.344. The van der Waals surface area contributed by atoms with E-state index in [1.54, 1.807) is 12.1 Å². The summed E-state index contributed by atoms with van der Waals surface area (Å²) in [4.78, 5) is 17.1. The highest BCUT2D eigenvalue weighted by Crippen LogP contribution is 2.29. The summed E-state index contributed by atoms with van der Waals surface area (Å²) >= 11 is 0. The number of aryl methyl sites for hydroxylation is 1. The SMILES string of the molecule is Cc1cc(CN2CCOCC2)cc2c1C(=O)N(Cc1ccc(O)cc1)C2. The first-order valence-corrected chi connectivity index (χ1v) is 9.10. The zero-order valence-electron chi connectivity index (χ0n) is 15.1. The summed E-state index contributed by atoms with van der Waals surface area (Å²) < 4.78 is 5.42. The van der Waals surface area contributed by atoms with E-state index in [0.717, 1.165) is 55.1 Å². The van der Waals surface area contributed by atoms with Crippen molar-refractivity contribution < 1.29 is 14.6 Å². The number of amides is 1. The van der Waals surface area contributed by atoms with Crippen LogP contribution in [0, 0.1) is 6.92 Å². The van der Waals surface area contributed by atoms with Crippen LogP contribution in [0.2, 0.25) is 0 Å². The van der Waals surface area contributed by atoms with Gasteiger partial charge in [-0.15, -0.1) is 0 Å². The van der Waals surface area contributed by atoms with Crippen LogP contribution in [-0.2, 0) is 24.4 Å². The minimum atomic E-state index is 0.100. The standard InChI is InChI=1S/C21H24N2O3/c1-15-10-17(12-22-6-8-26-9-7-22)11-18-14-23(21(25)20(15)18)13-16-2-4-19(24)5-3-16/h2-5,10-11,24H,6-9,12-14H2,1H3. The normalized spacial score (nSPS) is 17.6. The molecule has 0 saturated carbocycles. The van der Waals surface area contributed by atoms with E-state index in [1.165, 1.54) is 5.56 Å². The maximum absolute atomic E-state index is 12.8. The van der Waals surface area contributed by atoms with Crippen molar-refractivity contribution >= 4 is 5.91 Å². The first-order chi connectivity index (χ1) is 12.6. The van der Waals surface area contributed by atoms with Gasteiger partial charge < -0.3 is 14.7 Å². The predicted octanol–water partition coefficient (Wildman–Crippen LogP) is 2.69. The Balaban J connectivity index is 1.51. The number of morpholine rings is 1. The molecular weight excluding hydrogens is 328 g/mol. The van der Waals surface area contributed by atoms with E-state index in [1.807, 2.05) is 24.0 Å². The van der Waals surface area contributed by atoms with Crippen molar-refractivity contribution in [3.8, 4) is 5.75 Å². The number of carbonyl (C=O) groups is 1. The second-order valence-corrected chi connectivity index (χ2v) is 7.16. The lowest BCUT2D eigenvalue weighted by molar-refractivity contribution is 0.0342. The summed E-state index contributed by atoms with van der Waals surface area (Å²) in [7, 11) is 0. The number of benzene rings is 2. The molecule has 4 rings (SSSR count). The number of phenols is 1. The lowest BCUT2D eigenvalue weighted by Gasteiger charge is -2.26. The van der Waals surface area contributed by atoms with Crippen LogP contribution in [0.3, 0.4) is 0 Å². The van der Waals surface area contributed by atoms with Crippen molar-refractivity contribution in [3.63, 3.8) is 0 Å². The molecule has 1 amide bonds. The van der Waals surface area contributed by atoms with Crippen LogP contribution in [0.1, 0.15) is 32.6 Å². The summed E-state index contributed by atoms with van der Waals surface area (Å²) in [6.07, 6.45) is 0. The number of ether oxygens (including phenoxy) is 1. The first-order valence-electron chi connectivity index (χ1n) is 9.10. The van der Waals surface area contributed by atoms with Crippen LogP contribution in [-0.4, -0.2) is 47.1 Å². The Bertz CT molecular complexity index is 811. The molecule has 0 aromatic heterocycles. The highest BCUT2D eigenvalue weighted by atomic mass is 16.5. The molecule has 2 heterocycles. The number of hydrogen-bond acceptors (Lipinski definition) is 4. The van der Waals surface area contributed by atoms with Gasteiger partial charge in [-0.25, -0.2) is 0 Å². The maximum Gasteiger partial charge on any atom is 0.255 e. The van der Waals surface area contributed by atoms with Gasteiger partial charge in [-0.1, -0.05) is 24.3 Å². The van der Waals surface area contributed by atoms with Crippen LogP contribution < -0.4 is 0 Å². The highest BCUT2D eigenvalue weighted by molar-refractivity contribution is 5.99. The molecule has 1 N–H and O–H groups in total. The van der Waals surface area contributed by atoms with Gasteiger partial charge in [-0.05, 0) is 41.3 Å². The smallest absolute Gasteiger partial charge is 0.255 e. The Morgan fingerprint density at radius 2 is 1.77 bits per heavy atom. The van der Waals surface area contributed by atoms with Crippen molar-refractivity contribution in [3.05, 3.63) is 64.2 Å². The number of aromatic hydroxyl groups is 1. The lowest BCUT2D eigenvalue weighted by Crippen LogP contribution is -2.35. The Morgan fingerprint density at radius 3 is 2.50 bits per heavy atom. The maximum atomic E-state index is 12.8. The van der Waals surface area contributed by atoms with Gasteiger partial charge in [0.15, 0.2) is 0 Å². The molecule has 0 bridgehead atoms. The number of phenolic OH excluding ortho intramolecular Hbond substituents is 1. The van der Waals surface area contributed by atoms with Crippen molar-refractivity contribution in [1.29, 1.82) is 0 Å². The van der Waals surface area contributed by atoms with Crippen LogP contribution in [0.4, 0.5) is 0 Å². The van der Waals surface area contributed by atoms with Crippen LogP contribution in [0.25, 0.3) is 0 Å². The third kappa shape index (κ3) is 3.45. The van der Waals surface area contributed by atoms with Crippen molar-refractivity contribution in [1.82, 2.24) is 9.80 Å². The molecule has 0 aliphatic carbocycles. The predicted molar refractivity (Wildman–Crippen MR) is 99.0 cm³/mol. The van der Waals surface area contributed by atoms with Gasteiger partial charge in [0, 0.05) is 38.3 Å². The Hall–Kier alpha value is -2.37. The fourth-order valence-corrected chi connectivity index (χ4v) is 3.87. The topological polar surface area (TPSA) is 53.0 Å². The zero-order valence-corrected chi connectivity index (χ0v) is 15.1. The van der Waals surface area contributed by atoms with E-state index in [4.69, 9.17) is 4.74 Å². The Morgan fingerprint density at radius 1 is 1.04 bits per heavy atom. The average molecular weight is 352 g/mol. The van der Waals surface area contributed by atoms with Crippen molar-refractivity contribution in [2.24, 2.45) is 0 Å². The van der Waals surface area contributed by atoms with Gasteiger partial charge in [0.25, 0.3) is 5.91 Å². The van der Waals surface area contributed by atoms with Crippen LogP contribution in [0.5, 0.6) is 5.75 Å². The van der Waals surface area contributed by atoms with E-state index in [-0.39, 0.29) is 11.7 Å². The molecule has 5 heteroatoms. The van der Waals surface area contributed by atoms with Gasteiger partial charge in [0.2, 0.25) is 0 Å². The largest absolute Gasteiger partial charge is 0.508 e. The number of hydrogen-bond donors (Lipinski definition) is 1. The van der Waals surface area contributed by atoms with Gasteiger partial charge in [0.1, 0.15) is 5.75 Å². The molecule has 0 radical (unpaired) electrons. The van der Waals surface area contributed by atoms with E-state index >= 15 is 0 Å². The van der Waals surface area contributed by atoms with Gasteiger partial charge >= 0.3 is 0 Å². The van der Waals surface area contributed by atoms with E-state index in [0.29, 0.717) is 13.1 Å². The Kier molecular flexibility index (Phi) is 4.66. The number of carbonyl (C=O) groups excluding carboxylic acids is 1. The third-order valence-corrected chi connectivity index (χ3v) is 5.16. The van der Waals surface area contributed by atoms with E-state index in [9.17, 15) is 9.90 Å². The minimum Gasteiger partial charge on any atom is -0.508 e. The molecule has 0 spiro atoms. The average Bonchev–Trinajstić information content (AvgIpc) is 2.94. The van der Waals surface area contributed by atoms with Crippen molar-refractivity contribution in [2.75, 3.05) is 26.3 Å². The van der Waals surface area contributed by atoms with Crippen molar-refractivity contribution in [2.45, 2.75) is 26.6 Å². The third-order valence-electron chi connectivity index (χ3n) is 5.16. The summed E-state index contributed by atoms with van der Waals surface area (Å²) in [5, 5.41) is 9.42. The van der Waals surface area contributed by atoms with Gasteiger partial charge in [-0.3, -0.25) is 9.69 Å². The zero-order chi connectivity index (χ0) is 18.1. The summed E-state index contributed by atoms with van der Waals surface area (Å²) in [6, 6.07) is 11.4. The molecule has 1 fully saturated rings. The van der Waals surface area contributed by atoms with E-state index < -0.39 is 0 Å². The molecule has 2 aliphatic heterocycles. The molecule has 2 aromatic carbocycles. The van der Waals surface area contributed by atoms with E-state index in [2.05, 4.69) is 17.0 Å². The fourth-order valence-electron chi connectivity index (χ4n) is 3.87. The number of fused-ring (bicyclic) bond motifs is 1. The molecule has 2 aromatic rings. The first kappa shape index (κ1) is 17.1. The van der Waals surface area contributed by atoms with Crippen LogP contribution in [0.15, 0.2) is 36.4 Å². The molecule has 0 unspecified atom stereocenters. The summed E-state index contributed by atoms with van der Waals surface area (Å²) in [6.45, 7) is 7.65. The monoisotopic (exact) mass is 352 g/mol. The quantitative estimate of drug-likeness (QED) is 0.919. The van der Waals surface area contributed by atoms with Gasteiger partial charge in [0.05, 0.1) is 13.2 Å². The fraction of sp³-hybridized carbons (Fsp3) is 0.381.